The summed E-state index contributed by atoms with van der Waals surface area (Å²) >= 11 is 0. The van der Waals surface area contributed by atoms with Crippen molar-refractivity contribution < 1.29 is 19.2 Å². The highest BCUT2D eigenvalue weighted by Crippen LogP contribution is 2.29. The third-order valence-corrected chi connectivity index (χ3v) is 2.55. The second kappa shape index (κ2) is 5.32. The van der Waals surface area contributed by atoms with Gasteiger partial charge >= 0.3 is 5.97 Å². The molecule has 0 aliphatic heterocycles. The van der Waals surface area contributed by atoms with Crippen molar-refractivity contribution in [3.05, 3.63) is 30.2 Å². The number of carbonyl (C=O) groups is 1. The lowest BCUT2D eigenvalue weighted by atomic mass is 9.97. The third kappa shape index (κ3) is 3.14. The molecule has 0 spiro atoms. The largest absolute Gasteiger partial charge is 0.481 e. The topological polar surface area (TPSA) is 85.5 Å². The summed E-state index contributed by atoms with van der Waals surface area (Å²) < 4.78 is 10.5. The van der Waals surface area contributed by atoms with E-state index in [0.29, 0.717) is 23.0 Å². The van der Waals surface area contributed by atoms with Crippen molar-refractivity contribution in [3.63, 3.8) is 0 Å². The molecule has 6 nitrogen and oxygen atoms in total. The molecule has 0 fully saturated rings. The van der Waals surface area contributed by atoms with Crippen LogP contribution in [-0.2, 0) is 10.2 Å². The Kier molecular flexibility index (Phi) is 3.74. The van der Waals surface area contributed by atoms with E-state index in [9.17, 15) is 4.79 Å². The third-order valence-electron chi connectivity index (χ3n) is 2.55. The van der Waals surface area contributed by atoms with Crippen LogP contribution >= 0.6 is 0 Å². The number of ether oxygens (including phenoxy) is 1. The molecule has 0 bridgehead atoms. The zero-order valence-corrected chi connectivity index (χ0v) is 11.6. The number of nitrogens with zero attached hydrogens (tertiary/aromatic N) is 2. The van der Waals surface area contributed by atoms with Gasteiger partial charge in [0, 0.05) is 5.41 Å². The Morgan fingerprint density at radius 1 is 1.35 bits per heavy atom. The molecule has 106 valence electrons. The van der Waals surface area contributed by atoms with Crippen LogP contribution in [0.25, 0.3) is 11.4 Å². The standard InChI is InChI=1S/C14H16N2O4/c1-14(2,3)13-15-12(16-20-13)9-6-4-5-7-10(9)19-8-11(17)18/h4-7H,8H2,1-3H3,(H,17,18). The molecule has 0 amide bonds. The van der Waals surface area contributed by atoms with Gasteiger partial charge in [-0.15, -0.1) is 0 Å². The number of hydrogen-bond donors (Lipinski definition) is 1. The van der Waals surface area contributed by atoms with Crippen LogP contribution in [0.4, 0.5) is 0 Å². The molecule has 0 aliphatic rings. The number of hydrogen-bond acceptors (Lipinski definition) is 5. The quantitative estimate of drug-likeness (QED) is 0.923. The molecule has 0 atom stereocenters. The number of carboxylic acid groups (broad SMARTS) is 1. The second-order valence-electron chi connectivity index (χ2n) is 5.35. The zero-order valence-electron chi connectivity index (χ0n) is 11.6. The van der Waals surface area contributed by atoms with Gasteiger partial charge in [-0.1, -0.05) is 38.1 Å². The molecule has 0 saturated carbocycles. The minimum Gasteiger partial charge on any atom is -0.481 e. The smallest absolute Gasteiger partial charge is 0.341 e. The van der Waals surface area contributed by atoms with E-state index in [1.165, 1.54) is 0 Å². The van der Waals surface area contributed by atoms with E-state index in [1.54, 1.807) is 24.3 Å². The number of para-hydroxylation sites is 1. The van der Waals surface area contributed by atoms with Gasteiger partial charge < -0.3 is 14.4 Å². The van der Waals surface area contributed by atoms with E-state index in [1.807, 2.05) is 20.8 Å². The van der Waals surface area contributed by atoms with E-state index < -0.39 is 12.6 Å². The van der Waals surface area contributed by atoms with Crippen molar-refractivity contribution in [2.75, 3.05) is 6.61 Å². The second-order valence-corrected chi connectivity index (χ2v) is 5.35. The Labute approximate surface area is 116 Å². The van der Waals surface area contributed by atoms with Crippen molar-refractivity contribution in [2.45, 2.75) is 26.2 Å². The summed E-state index contributed by atoms with van der Waals surface area (Å²) in [5.41, 5.74) is 0.357. The lowest BCUT2D eigenvalue weighted by Crippen LogP contribution is -2.11. The maximum atomic E-state index is 10.6. The van der Waals surface area contributed by atoms with Gasteiger partial charge in [0.2, 0.25) is 11.7 Å². The molecule has 2 aromatic rings. The van der Waals surface area contributed by atoms with Crippen molar-refractivity contribution in [1.82, 2.24) is 10.1 Å². The maximum absolute atomic E-state index is 10.6. The molecule has 6 heteroatoms. The summed E-state index contributed by atoms with van der Waals surface area (Å²) in [4.78, 5) is 14.9. The van der Waals surface area contributed by atoms with Crippen LogP contribution in [0.1, 0.15) is 26.7 Å². The lowest BCUT2D eigenvalue weighted by molar-refractivity contribution is -0.139. The highest BCUT2D eigenvalue weighted by atomic mass is 16.5. The van der Waals surface area contributed by atoms with Gasteiger partial charge in [-0.05, 0) is 12.1 Å². The van der Waals surface area contributed by atoms with Gasteiger partial charge in [0.05, 0.1) is 5.56 Å². The summed E-state index contributed by atoms with van der Waals surface area (Å²) in [5.74, 6) is 0.274. The Balaban J connectivity index is 2.32. The summed E-state index contributed by atoms with van der Waals surface area (Å²) in [6.07, 6.45) is 0. The van der Waals surface area contributed by atoms with Crippen LogP contribution in [0.15, 0.2) is 28.8 Å². The monoisotopic (exact) mass is 276 g/mol. The number of aromatic nitrogens is 2. The minimum absolute atomic E-state index is 0.248. The maximum Gasteiger partial charge on any atom is 0.341 e. The fraction of sp³-hybridized carbons (Fsp3) is 0.357. The van der Waals surface area contributed by atoms with Crippen LogP contribution in [-0.4, -0.2) is 27.8 Å². The number of rotatable bonds is 4. The number of benzene rings is 1. The Hall–Kier alpha value is -2.37. The predicted molar refractivity (Wildman–Crippen MR) is 71.6 cm³/mol. The Bertz CT molecular complexity index is 614. The van der Waals surface area contributed by atoms with Gasteiger partial charge in [0.25, 0.3) is 0 Å². The number of aliphatic carboxylic acids is 1. The molecule has 0 unspecified atom stereocenters. The Morgan fingerprint density at radius 3 is 2.65 bits per heavy atom. The lowest BCUT2D eigenvalue weighted by Gasteiger charge is -2.10. The van der Waals surface area contributed by atoms with Crippen LogP contribution in [0.3, 0.4) is 0 Å². The van der Waals surface area contributed by atoms with Gasteiger partial charge in [0.1, 0.15) is 5.75 Å². The average molecular weight is 276 g/mol. The predicted octanol–water partition coefficient (Wildman–Crippen LogP) is 2.50. The van der Waals surface area contributed by atoms with Gasteiger partial charge in [-0.25, -0.2) is 4.79 Å². The zero-order chi connectivity index (χ0) is 14.8. The van der Waals surface area contributed by atoms with Crippen molar-refractivity contribution in [3.8, 4) is 17.1 Å². The molecule has 1 aromatic carbocycles. The van der Waals surface area contributed by atoms with Crippen LogP contribution in [0, 0.1) is 0 Å². The van der Waals surface area contributed by atoms with E-state index in [4.69, 9.17) is 14.4 Å². The number of carboxylic acids is 1. The molecule has 1 heterocycles. The first-order valence-corrected chi connectivity index (χ1v) is 6.16. The minimum atomic E-state index is -1.04. The molecule has 1 aromatic heterocycles. The van der Waals surface area contributed by atoms with Gasteiger partial charge in [0.15, 0.2) is 6.61 Å². The molecule has 0 aliphatic carbocycles. The molecule has 20 heavy (non-hydrogen) atoms. The first kappa shape index (κ1) is 14.0. The van der Waals surface area contributed by atoms with E-state index in [0.717, 1.165) is 0 Å². The van der Waals surface area contributed by atoms with Crippen molar-refractivity contribution in [1.29, 1.82) is 0 Å². The summed E-state index contributed by atoms with van der Waals surface area (Å²) in [6, 6.07) is 6.99. The van der Waals surface area contributed by atoms with Gasteiger partial charge in [-0.3, -0.25) is 0 Å². The fourth-order valence-corrected chi connectivity index (χ4v) is 1.55. The summed E-state index contributed by atoms with van der Waals surface area (Å²) in [6.45, 7) is 5.49. The summed E-state index contributed by atoms with van der Waals surface area (Å²) in [5, 5.41) is 12.6. The van der Waals surface area contributed by atoms with Crippen molar-refractivity contribution >= 4 is 5.97 Å². The molecular weight excluding hydrogens is 260 g/mol. The fourth-order valence-electron chi connectivity index (χ4n) is 1.55. The first-order valence-electron chi connectivity index (χ1n) is 6.16. The average Bonchev–Trinajstić information content (AvgIpc) is 2.86. The molecule has 2 rings (SSSR count). The normalized spacial score (nSPS) is 11.3. The molecular formula is C14H16N2O4. The SMILES string of the molecule is CC(C)(C)c1nc(-c2ccccc2OCC(=O)O)no1. The molecule has 0 saturated heterocycles. The van der Waals surface area contributed by atoms with E-state index in [2.05, 4.69) is 10.1 Å². The Morgan fingerprint density at radius 2 is 2.05 bits per heavy atom. The highest BCUT2D eigenvalue weighted by molar-refractivity contribution is 5.70. The molecule has 1 N–H and O–H groups in total. The highest BCUT2D eigenvalue weighted by Gasteiger charge is 2.23. The van der Waals surface area contributed by atoms with Crippen LogP contribution < -0.4 is 4.74 Å². The van der Waals surface area contributed by atoms with Gasteiger partial charge in [-0.2, -0.15) is 4.98 Å². The van der Waals surface area contributed by atoms with Crippen LogP contribution in [0.2, 0.25) is 0 Å². The van der Waals surface area contributed by atoms with Crippen LogP contribution in [0.5, 0.6) is 5.75 Å². The first-order chi connectivity index (χ1) is 9.38. The molecule has 0 radical (unpaired) electrons. The van der Waals surface area contributed by atoms with E-state index in [-0.39, 0.29) is 5.41 Å². The van der Waals surface area contributed by atoms with Crippen molar-refractivity contribution in [2.24, 2.45) is 0 Å². The van der Waals surface area contributed by atoms with E-state index >= 15 is 0 Å². The summed E-state index contributed by atoms with van der Waals surface area (Å²) in [7, 11) is 0.